The number of aromatic amines is 1. The number of nitrogens with one attached hydrogen (secondary N) is 1. The normalized spacial score (nSPS) is 14.9. The van der Waals surface area contributed by atoms with Crippen LogP contribution in [0.3, 0.4) is 0 Å². The van der Waals surface area contributed by atoms with Crippen LogP contribution in [0.2, 0.25) is 0 Å². The van der Waals surface area contributed by atoms with Gasteiger partial charge in [0.1, 0.15) is 5.82 Å². The summed E-state index contributed by atoms with van der Waals surface area (Å²) in [5, 5.41) is 0. The second kappa shape index (κ2) is 3.84. The van der Waals surface area contributed by atoms with Gasteiger partial charge in [-0.1, -0.05) is 23.8 Å². The molecule has 0 saturated heterocycles. The SMILES string of the molecule is Cc1cccc(-c2nc(C3CC3)cc(=O)[nH]2)c1. The van der Waals surface area contributed by atoms with Crippen molar-refractivity contribution in [2.45, 2.75) is 25.7 Å². The number of aryl methyl sites for hydroxylation is 1. The van der Waals surface area contributed by atoms with Crippen LogP contribution in [0.4, 0.5) is 0 Å². The van der Waals surface area contributed by atoms with Crippen LogP contribution < -0.4 is 5.56 Å². The molecular weight excluding hydrogens is 212 g/mol. The van der Waals surface area contributed by atoms with Gasteiger partial charge < -0.3 is 4.98 Å². The molecule has 1 saturated carbocycles. The topological polar surface area (TPSA) is 45.8 Å². The molecule has 0 aliphatic heterocycles. The lowest BCUT2D eigenvalue weighted by Crippen LogP contribution is -2.09. The minimum Gasteiger partial charge on any atom is -0.307 e. The molecule has 2 aromatic rings. The monoisotopic (exact) mass is 226 g/mol. The molecule has 1 heterocycles. The van der Waals surface area contributed by atoms with Crippen molar-refractivity contribution in [1.29, 1.82) is 0 Å². The van der Waals surface area contributed by atoms with Crippen LogP contribution in [-0.2, 0) is 0 Å². The lowest BCUT2D eigenvalue weighted by molar-refractivity contribution is 0.976. The van der Waals surface area contributed by atoms with Gasteiger partial charge in [0.25, 0.3) is 5.56 Å². The molecule has 3 rings (SSSR count). The molecule has 1 aliphatic rings. The third-order valence-corrected chi connectivity index (χ3v) is 3.05. The Hall–Kier alpha value is -1.90. The van der Waals surface area contributed by atoms with Gasteiger partial charge in [0.2, 0.25) is 0 Å². The largest absolute Gasteiger partial charge is 0.307 e. The standard InChI is InChI=1S/C14H14N2O/c1-9-3-2-4-11(7-9)14-15-12(10-5-6-10)8-13(17)16-14/h2-4,7-8,10H,5-6H2,1H3,(H,15,16,17). The summed E-state index contributed by atoms with van der Waals surface area (Å²) in [6.45, 7) is 2.03. The molecule has 1 aromatic heterocycles. The first-order chi connectivity index (χ1) is 8.22. The molecule has 0 bridgehead atoms. The maximum absolute atomic E-state index is 11.6. The Morgan fingerprint density at radius 1 is 1.29 bits per heavy atom. The van der Waals surface area contributed by atoms with Crippen LogP contribution in [0.5, 0.6) is 0 Å². The zero-order valence-electron chi connectivity index (χ0n) is 9.73. The van der Waals surface area contributed by atoms with E-state index in [-0.39, 0.29) is 5.56 Å². The van der Waals surface area contributed by atoms with Crippen molar-refractivity contribution in [2.24, 2.45) is 0 Å². The molecule has 3 nitrogen and oxygen atoms in total. The molecule has 86 valence electrons. The van der Waals surface area contributed by atoms with E-state index in [2.05, 4.69) is 9.97 Å². The van der Waals surface area contributed by atoms with Crippen LogP contribution in [0, 0.1) is 6.92 Å². The fraction of sp³-hybridized carbons (Fsp3) is 0.286. The molecule has 1 aromatic carbocycles. The van der Waals surface area contributed by atoms with Gasteiger partial charge in [0, 0.05) is 17.5 Å². The van der Waals surface area contributed by atoms with E-state index < -0.39 is 0 Å². The minimum atomic E-state index is -0.0570. The number of hydrogen-bond acceptors (Lipinski definition) is 2. The van der Waals surface area contributed by atoms with Gasteiger partial charge in [-0.05, 0) is 25.8 Å². The van der Waals surface area contributed by atoms with E-state index in [0.29, 0.717) is 11.7 Å². The van der Waals surface area contributed by atoms with Crippen LogP contribution in [-0.4, -0.2) is 9.97 Å². The van der Waals surface area contributed by atoms with Gasteiger partial charge >= 0.3 is 0 Å². The van der Waals surface area contributed by atoms with Gasteiger partial charge in [-0.25, -0.2) is 4.98 Å². The lowest BCUT2D eigenvalue weighted by atomic mass is 10.1. The molecule has 0 radical (unpaired) electrons. The number of benzene rings is 1. The van der Waals surface area contributed by atoms with E-state index in [0.717, 1.165) is 24.1 Å². The smallest absolute Gasteiger partial charge is 0.251 e. The average Bonchev–Trinajstić information content (AvgIpc) is 3.12. The number of nitrogens with zero attached hydrogens (tertiary/aromatic N) is 1. The minimum absolute atomic E-state index is 0.0570. The van der Waals surface area contributed by atoms with Crippen molar-refractivity contribution in [1.82, 2.24) is 9.97 Å². The quantitative estimate of drug-likeness (QED) is 0.855. The highest BCUT2D eigenvalue weighted by molar-refractivity contribution is 5.56. The average molecular weight is 226 g/mol. The molecule has 1 fully saturated rings. The Balaban J connectivity index is 2.10. The number of H-pyrrole nitrogens is 1. The zero-order valence-corrected chi connectivity index (χ0v) is 9.73. The highest BCUT2D eigenvalue weighted by Crippen LogP contribution is 2.38. The second-order valence-electron chi connectivity index (χ2n) is 4.66. The van der Waals surface area contributed by atoms with Crippen molar-refractivity contribution in [3.63, 3.8) is 0 Å². The maximum atomic E-state index is 11.6. The molecule has 3 heteroatoms. The molecule has 17 heavy (non-hydrogen) atoms. The van der Waals surface area contributed by atoms with Gasteiger partial charge in [0.15, 0.2) is 0 Å². The van der Waals surface area contributed by atoms with Gasteiger partial charge in [-0.2, -0.15) is 0 Å². The summed E-state index contributed by atoms with van der Waals surface area (Å²) >= 11 is 0. The van der Waals surface area contributed by atoms with Crippen molar-refractivity contribution >= 4 is 0 Å². The van der Waals surface area contributed by atoms with Gasteiger partial charge in [-0.3, -0.25) is 4.79 Å². The molecular formula is C14H14N2O. The van der Waals surface area contributed by atoms with E-state index in [9.17, 15) is 4.79 Å². The fourth-order valence-electron chi connectivity index (χ4n) is 1.99. The zero-order chi connectivity index (χ0) is 11.8. The Kier molecular flexibility index (Phi) is 2.32. The Bertz CT molecular complexity index is 612. The van der Waals surface area contributed by atoms with Crippen molar-refractivity contribution in [3.05, 3.63) is 51.9 Å². The summed E-state index contributed by atoms with van der Waals surface area (Å²) in [5.41, 5.74) is 3.02. The van der Waals surface area contributed by atoms with Crippen LogP contribution >= 0.6 is 0 Å². The van der Waals surface area contributed by atoms with Crippen molar-refractivity contribution < 1.29 is 0 Å². The second-order valence-corrected chi connectivity index (χ2v) is 4.66. The van der Waals surface area contributed by atoms with Gasteiger partial charge in [-0.15, -0.1) is 0 Å². The summed E-state index contributed by atoms with van der Waals surface area (Å²) in [7, 11) is 0. The lowest BCUT2D eigenvalue weighted by Gasteiger charge is -2.04. The predicted octanol–water partition coefficient (Wildman–Crippen LogP) is 2.62. The summed E-state index contributed by atoms with van der Waals surface area (Å²) in [6.07, 6.45) is 2.31. The summed E-state index contributed by atoms with van der Waals surface area (Å²) in [5.74, 6) is 1.18. The summed E-state index contributed by atoms with van der Waals surface area (Å²) < 4.78 is 0. The highest BCUT2D eigenvalue weighted by Gasteiger charge is 2.25. The summed E-state index contributed by atoms with van der Waals surface area (Å²) in [6, 6.07) is 9.65. The number of hydrogen-bond donors (Lipinski definition) is 1. The first kappa shape index (κ1) is 10.3. The van der Waals surface area contributed by atoms with Crippen LogP contribution in [0.15, 0.2) is 35.1 Å². The third-order valence-electron chi connectivity index (χ3n) is 3.05. The molecule has 0 atom stereocenters. The van der Waals surface area contributed by atoms with Gasteiger partial charge in [0.05, 0.1) is 5.69 Å². The molecule has 1 N–H and O–H groups in total. The Morgan fingerprint density at radius 3 is 2.82 bits per heavy atom. The number of rotatable bonds is 2. The Morgan fingerprint density at radius 2 is 2.12 bits per heavy atom. The van der Waals surface area contributed by atoms with E-state index >= 15 is 0 Å². The first-order valence-corrected chi connectivity index (χ1v) is 5.91. The maximum Gasteiger partial charge on any atom is 0.251 e. The first-order valence-electron chi connectivity index (χ1n) is 5.91. The fourth-order valence-corrected chi connectivity index (χ4v) is 1.99. The Labute approximate surface area is 99.5 Å². The molecule has 0 unspecified atom stereocenters. The molecule has 1 aliphatic carbocycles. The van der Waals surface area contributed by atoms with Crippen molar-refractivity contribution in [2.75, 3.05) is 0 Å². The molecule has 0 spiro atoms. The number of aromatic nitrogens is 2. The van der Waals surface area contributed by atoms with Crippen molar-refractivity contribution in [3.8, 4) is 11.4 Å². The van der Waals surface area contributed by atoms with Crippen LogP contribution in [0.1, 0.15) is 30.0 Å². The predicted molar refractivity (Wildman–Crippen MR) is 67.0 cm³/mol. The van der Waals surface area contributed by atoms with E-state index in [4.69, 9.17) is 0 Å². The molecule has 0 amide bonds. The highest BCUT2D eigenvalue weighted by atomic mass is 16.1. The van der Waals surface area contributed by atoms with Crippen LogP contribution in [0.25, 0.3) is 11.4 Å². The van der Waals surface area contributed by atoms with E-state index in [1.807, 2.05) is 31.2 Å². The summed E-state index contributed by atoms with van der Waals surface area (Å²) in [4.78, 5) is 19.0. The van der Waals surface area contributed by atoms with E-state index in [1.54, 1.807) is 6.07 Å². The van der Waals surface area contributed by atoms with E-state index in [1.165, 1.54) is 5.56 Å². The third kappa shape index (κ3) is 2.13.